The number of amides is 1. The smallest absolute Gasteiger partial charge is 0.312 e. The first-order valence-electron chi connectivity index (χ1n) is 7.42. The Morgan fingerprint density at radius 2 is 2.18 bits per heavy atom. The molecule has 4 atom stereocenters. The van der Waals surface area contributed by atoms with Crippen LogP contribution in [0.2, 0.25) is 0 Å². The van der Waals surface area contributed by atoms with Crippen molar-refractivity contribution in [3.8, 4) is 0 Å². The summed E-state index contributed by atoms with van der Waals surface area (Å²) >= 11 is 0. The van der Waals surface area contributed by atoms with Gasteiger partial charge in [-0.3, -0.25) is 9.59 Å². The number of nitrogens with zero attached hydrogens (tertiary/aromatic N) is 1. The normalized spacial score (nSPS) is 35.0. The van der Waals surface area contributed by atoms with E-state index in [9.17, 15) is 9.59 Å². The number of rotatable bonds is 3. The summed E-state index contributed by atoms with van der Waals surface area (Å²) < 4.78 is 10.9. The second-order valence-corrected chi connectivity index (χ2v) is 6.10. The van der Waals surface area contributed by atoms with Gasteiger partial charge in [0.2, 0.25) is 5.91 Å². The second-order valence-electron chi connectivity index (χ2n) is 6.10. The number of methoxy groups -OCH3 is 1. The van der Waals surface area contributed by atoms with E-state index in [2.05, 4.69) is 0 Å². The zero-order valence-corrected chi connectivity index (χ0v) is 12.3. The summed E-state index contributed by atoms with van der Waals surface area (Å²) in [5.74, 6) is -1.37. The summed E-state index contributed by atoms with van der Waals surface area (Å²) in [6, 6.07) is 9.84. The first-order chi connectivity index (χ1) is 10.6. The molecule has 5 nitrogen and oxygen atoms in total. The molecule has 0 radical (unpaired) electrons. The van der Waals surface area contributed by atoms with Crippen LogP contribution in [0.5, 0.6) is 0 Å². The molecule has 0 N–H and O–H groups in total. The molecule has 2 fully saturated rings. The van der Waals surface area contributed by atoms with Crippen LogP contribution in [0.3, 0.4) is 0 Å². The highest BCUT2D eigenvalue weighted by Crippen LogP contribution is 2.52. The zero-order chi connectivity index (χ0) is 15.3. The van der Waals surface area contributed by atoms with Gasteiger partial charge < -0.3 is 14.4 Å². The molecule has 22 heavy (non-hydrogen) atoms. The van der Waals surface area contributed by atoms with Crippen LogP contribution in [0.4, 0.5) is 0 Å². The molecule has 0 saturated carbocycles. The van der Waals surface area contributed by atoms with E-state index in [0.717, 1.165) is 5.56 Å². The van der Waals surface area contributed by atoms with Crippen LogP contribution in [0.15, 0.2) is 42.5 Å². The fourth-order valence-electron chi connectivity index (χ4n) is 3.92. The molecule has 1 aromatic rings. The summed E-state index contributed by atoms with van der Waals surface area (Å²) in [7, 11) is 1.35. The molecule has 4 unspecified atom stereocenters. The molecule has 1 aromatic carbocycles. The largest absolute Gasteiger partial charge is 0.469 e. The Hall–Kier alpha value is -2.14. The van der Waals surface area contributed by atoms with Crippen molar-refractivity contribution in [2.75, 3.05) is 13.7 Å². The summed E-state index contributed by atoms with van der Waals surface area (Å²) in [4.78, 5) is 26.6. The molecule has 2 bridgehead atoms. The minimum Gasteiger partial charge on any atom is -0.469 e. The van der Waals surface area contributed by atoms with Crippen molar-refractivity contribution in [3.63, 3.8) is 0 Å². The highest BCUT2D eigenvalue weighted by atomic mass is 16.5. The number of benzene rings is 1. The van der Waals surface area contributed by atoms with Crippen LogP contribution in [-0.2, 0) is 25.6 Å². The molecule has 1 amide bonds. The number of esters is 1. The van der Waals surface area contributed by atoms with Gasteiger partial charge in [0.05, 0.1) is 25.7 Å². The number of hydrogen-bond donors (Lipinski definition) is 0. The highest BCUT2D eigenvalue weighted by molar-refractivity contribution is 5.91. The Labute approximate surface area is 128 Å². The van der Waals surface area contributed by atoms with Gasteiger partial charge in [0.1, 0.15) is 11.5 Å². The molecule has 2 saturated heterocycles. The Bertz CT molecular complexity index is 656. The van der Waals surface area contributed by atoms with Gasteiger partial charge >= 0.3 is 5.97 Å². The maximum absolute atomic E-state index is 12.8. The van der Waals surface area contributed by atoms with E-state index in [4.69, 9.17) is 9.47 Å². The quantitative estimate of drug-likeness (QED) is 0.620. The predicted octanol–water partition coefficient (Wildman–Crippen LogP) is 1.14. The summed E-state index contributed by atoms with van der Waals surface area (Å²) in [6.07, 6.45) is 3.50. The Kier molecular flexibility index (Phi) is 2.87. The first-order valence-corrected chi connectivity index (χ1v) is 7.42. The lowest BCUT2D eigenvalue weighted by Crippen LogP contribution is -2.39. The van der Waals surface area contributed by atoms with Gasteiger partial charge in [-0.25, -0.2) is 0 Å². The summed E-state index contributed by atoms with van der Waals surface area (Å²) in [5, 5.41) is 0. The molecule has 3 heterocycles. The number of likely N-dealkylation sites (tertiary alicyclic amines) is 1. The Morgan fingerprint density at radius 3 is 2.91 bits per heavy atom. The zero-order valence-electron chi connectivity index (χ0n) is 12.3. The van der Waals surface area contributed by atoms with Crippen molar-refractivity contribution >= 4 is 11.9 Å². The number of ether oxygens (including phenoxy) is 2. The van der Waals surface area contributed by atoms with Gasteiger partial charge in [-0.15, -0.1) is 0 Å². The highest BCUT2D eigenvalue weighted by Gasteiger charge is 2.67. The van der Waals surface area contributed by atoms with E-state index in [1.165, 1.54) is 7.11 Å². The fraction of sp³-hybridized carbons (Fsp3) is 0.412. The predicted molar refractivity (Wildman–Crippen MR) is 77.6 cm³/mol. The summed E-state index contributed by atoms with van der Waals surface area (Å²) in [5.41, 5.74) is 0.412. The average molecular weight is 299 g/mol. The van der Waals surface area contributed by atoms with E-state index < -0.39 is 17.4 Å². The van der Waals surface area contributed by atoms with Gasteiger partial charge in [-0.2, -0.15) is 0 Å². The van der Waals surface area contributed by atoms with Gasteiger partial charge in [0.15, 0.2) is 0 Å². The number of carbonyl (C=O) groups is 2. The van der Waals surface area contributed by atoms with E-state index in [-0.39, 0.29) is 18.0 Å². The van der Waals surface area contributed by atoms with Gasteiger partial charge in [0.25, 0.3) is 0 Å². The molecular weight excluding hydrogens is 282 g/mol. The van der Waals surface area contributed by atoms with Crippen molar-refractivity contribution in [2.24, 2.45) is 11.8 Å². The SMILES string of the molecule is COC(=O)C1C2C=CC3(CN(Cc4ccccc4)C(=O)C13)O2. The monoisotopic (exact) mass is 299 g/mol. The fourth-order valence-corrected chi connectivity index (χ4v) is 3.92. The van der Waals surface area contributed by atoms with Crippen LogP contribution in [0, 0.1) is 11.8 Å². The maximum Gasteiger partial charge on any atom is 0.312 e. The van der Waals surface area contributed by atoms with Crippen LogP contribution < -0.4 is 0 Å². The lowest BCUT2D eigenvalue weighted by molar-refractivity contribution is -0.151. The van der Waals surface area contributed by atoms with Crippen LogP contribution >= 0.6 is 0 Å². The van der Waals surface area contributed by atoms with Gasteiger partial charge in [-0.05, 0) is 5.56 Å². The standard InChI is InChI=1S/C17H17NO4/c1-21-16(20)13-12-7-8-17(22-12)10-18(15(19)14(13)17)9-11-5-3-2-4-6-11/h2-8,12-14H,9-10H2,1H3. The summed E-state index contributed by atoms with van der Waals surface area (Å²) in [6.45, 7) is 1.03. The van der Waals surface area contributed by atoms with E-state index in [1.54, 1.807) is 4.90 Å². The van der Waals surface area contributed by atoms with Crippen molar-refractivity contribution < 1.29 is 19.1 Å². The van der Waals surface area contributed by atoms with Crippen LogP contribution in [0.1, 0.15) is 5.56 Å². The molecule has 114 valence electrons. The number of fused-ring (bicyclic) bond motifs is 1. The third-order valence-electron chi connectivity index (χ3n) is 4.87. The minimum atomic E-state index is -0.657. The molecule has 0 aliphatic carbocycles. The van der Waals surface area contributed by atoms with Crippen LogP contribution in [-0.4, -0.2) is 42.1 Å². The molecule has 0 aromatic heterocycles. The topological polar surface area (TPSA) is 55.8 Å². The van der Waals surface area contributed by atoms with E-state index in [1.807, 2.05) is 42.5 Å². The molecule has 3 aliphatic rings. The molecule has 1 spiro atoms. The van der Waals surface area contributed by atoms with Crippen molar-refractivity contribution in [1.82, 2.24) is 4.90 Å². The molecular formula is C17H17NO4. The number of hydrogen-bond acceptors (Lipinski definition) is 4. The number of carbonyl (C=O) groups excluding carboxylic acids is 2. The lowest BCUT2D eigenvalue weighted by atomic mass is 9.77. The van der Waals surface area contributed by atoms with Crippen LogP contribution in [0.25, 0.3) is 0 Å². The van der Waals surface area contributed by atoms with Crippen molar-refractivity contribution in [1.29, 1.82) is 0 Å². The van der Waals surface area contributed by atoms with Gasteiger partial charge in [-0.1, -0.05) is 42.5 Å². The Balaban J connectivity index is 1.62. The van der Waals surface area contributed by atoms with E-state index in [0.29, 0.717) is 13.1 Å². The van der Waals surface area contributed by atoms with Crippen molar-refractivity contribution in [2.45, 2.75) is 18.2 Å². The first kappa shape index (κ1) is 13.5. The minimum absolute atomic E-state index is 0.0221. The van der Waals surface area contributed by atoms with Crippen molar-refractivity contribution in [3.05, 3.63) is 48.0 Å². The maximum atomic E-state index is 12.8. The molecule has 5 heteroatoms. The average Bonchev–Trinajstić information content (AvgIpc) is 3.16. The lowest BCUT2D eigenvalue weighted by Gasteiger charge is -2.22. The third-order valence-corrected chi connectivity index (χ3v) is 4.87. The van der Waals surface area contributed by atoms with E-state index >= 15 is 0 Å². The third kappa shape index (κ3) is 1.75. The molecule has 3 aliphatic heterocycles. The Morgan fingerprint density at radius 1 is 1.41 bits per heavy atom. The molecule has 4 rings (SSSR count). The second kappa shape index (κ2) is 4.68. The van der Waals surface area contributed by atoms with Gasteiger partial charge in [0, 0.05) is 6.54 Å².